The maximum absolute atomic E-state index is 6.09. The third kappa shape index (κ3) is 2.84. The first-order valence-electron chi connectivity index (χ1n) is 6.19. The fourth-order valence-electron chi connectivity index (χ4n) is 1.90. The minimum atomic E-state index is 0.267. The van der Waals surface area contributed by atoms with Crippen molar-refractivity contribution in [1.29, 1.82) is 0 Å². The number of benzene rings is 1. The minimum Gasteiger partial charge on any atom is -0.471 e. The molecule has 0 saturated carbocycles. The summed E-state index contributed by atoms with van der Waals surface area (Å²) in [5.41, 5.74) is 8.45. The predicted molar refractivity (Wildman–Crippen MR) is 77.5 cm³/mol. The minimum absolute atomic E-state index is 0.267. The van der Waals surface area contributed by atoms with Crippen LogP contribution in [-0.4, -0.2) is 9.78 Å². The van der Waals surface area contributed by atoms with Gasteiger partial charge in [-0.05, 0) is 12.0 Å². The van der Waals surface area contributed by atoms with Crippen LogP contribution in [0.4, 0.5) is 5.69 Å². The summed E-state index contributed by atoms with van der Waals surface area (Å²) in [6, 6.07) is 7.59. The second kappa shape index (κ2) is 5.53. The van der Waals surface area contributed by atoms with E-state index in [-0.39, 0.29) is 5.92 Å². The standard InChI is InChI=1S/C14H18ClN3O/c1-9(2)13-12(16)14(18(3)17-13)19-8-10-6-4-5-7-11(10)15/h4-7,9H,8,16H2,1-3H3. The number of hydrogen-bond donors (Lipinski definition) is 1. The molecule has 0 radical (unpaired) electrons. The maximum Gasteiger partial charge on any atom is 0.236 e. The monoisotopic (exact) mass is 279 g/mol. The second-order valence-corrected chi connectivity index (χ2v) is 5.17. The molecule has 1 aromatic carbocycles. The number of hydrogen-bond acceptors (Lipinski definition) is 3. The average molecular weight is 280 g/mol. The van der Waals surface area contributed by atoms with Gasteiger partial charge < -0.3 is 10.5 Å². The van der Waals surface area contributed by atoms with Crippen LogP contribution in [0.2, 0.25) is 5.02 Å². The Morgan fingerprint density at radius 3 is 2.63 bits per heavy atom. The van der Waals surface area contributed by atoms with Crippen LogP contribution in [0.5, 0.6) is 5.88 Å². The Morgan fingerprint density at radius 1 is 1.37 bits per heavy atom. The van der Waals surface area contributed by atoms with E-state index in [1.165, 1.54) is 0 Å². The Labute approximate surface area is 118 Å². The van der Waals surface area contributed by atoms with Crippen molar-refractivity contribution in [1.82, 2.24) is 9.78 Å². The van der Waals surface area contributed by atoms with Gasteiger partial charge in [-0.3, -0.25) is 0 Å². The van der Waals surface area contributed by atoms with Crippen LogP contribution < -0.4 is 10.5 Å². The fraction of sp³-hybridized carbons (Fsp3) is 0.357. The quantitative estimate of drug-likeness (QED) is 0.934. The molecular formula is C14H18ClN3O. The van der Waals surface area contributed by atoms with Crippen LogP contribution in [0.15, 0.2) is 24.3 Å². The van der Waals surface area contributed by atoms with Crippen molar-refractivity contribution in [2.75, 3.05) is 5.73 Å². The summed E-state index contributed by atoms with van der Waals surface area (Å²) < 4.78 is 7.42. The lowest BCUT2D eigenvalue weighted by Gasteiger charge is -2.08. The zero-order valence-electron chi connectivity index (χ0n) is 11.4. The van der Waals surface area contributed by atoms with E-state index in [4.69, 9.17) is 22.1 Å². The van der Waals surface area contributed by atoms with Crippen molar-refractivity contribution in [2.24, 2.45) is 7.05 Å². The van der Waals surface area contributed by atoms with E-state index in [2.05, 4.69) is 18.9 Å². The normalized spacial score (nSPS) is 11.0. The number of anilines is 1. The highest BCUT2D eigenvalue weighted by Crippen LogP contribution is 2.30. The Morgan fingerprint density at radius 2 is 2.05 bits per heavy atom. The van der Waals surface area contributed by atoms with Crippen LogP contribution in [-0.2, 0) is 13.7 Å². The van der Waals surface area contributed by atoms with Crippen LogP contribution in [0.25, 0.3) is 0 Å². The lowest BCUT2D eigenvalue weighted by atomic mass is 10.1. The SMILES string of the molecule is CC(C)c1nn(C)c(OCc2ccccc2Cl)c1N. The number of nitrogens with zero attached hydrogens (tertiary/aromatic N) is 2. The van der Waals surface area contributed by atoms with Crippen molar-refractivity contribution >= 4 is 17.3 Å². The molecule has 5 heteroatoms. The fourth-order valence-corrected chi connectivity index (χ4v) is 2.09. The summed E-state index contributed by atoms with van der Waals surface area (Å²) in [6.45, 7) is 4.48. The molecule has 0 aliphatic heterocycles. The van der Waals surface area contributed by atoms with Gasteiger partial charge in [0.1, 0.15) is 12.3 Å². The number of rotatable bonds is 4. The molecular weight excluding hydrogens is 262 g/mol. The molecule has 0 unspecified atom stereocenters. The summed E-state index contributed by atoms with van der Waals surface area (Å²) >= 11 is 6.09. The van der Waals surface area contributed by atoms with Crippen LogP contribution in [0, 0.1) is 0 Å². The number of aromatic nitrogens is 2. The summed E-state index contributed by atoms with van der Waals surface area (Å²) in [5, 5.41) is 5.07. The summed E-state index contributed by atoms with van der Waals surface area (Å²) in [5.74, 6) is 0.854. The molecule has 19 heavy (non-hydrogen) atoms. The van der Waals surface area contributed by atoms with E-state index < -0.39 is 0 Å². The number of nitrogens with two attached hydrogens (primary N) is 1. The highest BCUT2D eigenvalue weighted by atomic mass is 35.5. The zero-order valence-corrected chi connectivity index (χ0v) is 12.1. The van der Waals surface area contributed by atoms with Gasteiger partial charge in [-0.15, -0.1) is 0 Å². The van der Waals surface area contributed by atoms with Gasteiger partial charge >= 0.3 is 0 Å². The first-order chi connectivity index (χ1) is 9.00. The predicted octanol–water partition coefficient (Wildman–Crippen LogP) is 3.36. The Hall–Kier alpha value is -1.68. The highest BCUT2D eigenvalue weighted by molar-refractivity contribution is 6.31. The molecule has 1 heterocycles. The first-order valence-corrected chi connectivity index (χ1v) is 6.57. The average Bonchev–Trinajstić information content (AvgIpc) is 2.65. The molecule has 0 fully saturated rings. The Kier molecular flexibility index (Phi) is 4.00. The van der Waals surface area contributed by atoms with Crippen LogP contribution in [0.3, 0.4) is 0 Å². The van der Waals surface area contributed by atoms with Crippen molar-refractivity contribution in [3.05, 3.63) is 40.5 Å². The van der Waals surface area contributed by atoms with E-state index in [9.17, 15) is 0 Å². The number of aryl methyl sites for hydroxylation is 1. The maximum atomic E-state index is 6.09. The van der Waals surface area contributed by atoms with Gasteiger partial charge in [0.2, 0.25) is 5.88 Å². The van der Waals surface area contributed by atoms with E-state index in [1.807, 2.05) is 31.3 Å². The zero-order chi connectivity index (χ0) is 14.0. The third-order valence-electron chi connectivity index (χ3n) is 2.93. The smallest absolute Gasteiger partial charge is 0.236 e. The Bertz CT molecular complexity index is 578. The third-order valence-corrected chi connectivity index (χ3v) is 3.30. The molecule has 0 atom stereocenters. The molecule has 0 amide bonds. The van der Waals surface area contributed by atoms with Gasteiger partial charge in [0, 0.05) is 17.6 Å². The molecule has 0 spiro atoms. The molecule has 0 saturated heterocycles. The molecule has 0 aliphatic rings. The van der Waals surface area contributed by atoms with Gasteiger partial charge in [-0.2, -0.15) is 5.10 Å². The summed E-state index contributed by atoms with van der Waals surface area (Å²) in [6.07, 6.45) is 0. The number of ether oxygens (including phenoxy) is 1. The summed E-state index contributed by atoms with van der Waals surface area (Å²) in [4.78, 5) is 0. The first kappa shape index (κ1) is 13.7. The molecule has 2 aromatic rings. The van der Waals surface area contributed by atoms with Gasteiger partial charge in [-0.1, -0.05) is 43.6 Å². The largest absolute Gasteiger partial charge is 0.471 e. The molecule has 0 bridgehead atoms. The molecule has 1 aromatic heterocycles. The van der Waals surface area contributed by atoms with Gasteiger partial charge in [0.25, 0.3) is 0 Å². The highest BCUT2D eigenvalue weighted by Gasteiger charge is 2.17. The van der Waals surface area contributed by atoms with Gasteiger partial charge in [0.15, 0.2) is 0 Å². The van der Waals surface area contributed by atoms with E-state index in [0.29, 0.717) is 23.2 Å². The number of halogens is 1. The van der Waals surface area contributed by atoms with E-state index in [0.717, 1.165) is 11.3 Å². The molecule has 2 rings (SSSR count). The topological polar surface area (TPSA) is 53.1 Å². The van der Waals surface area contributed by atoms with Crippen molar-refractivity contribution in [2.45, 2.75) is 26.4 Å². The van der Waals surface area contributed by atoms with Crippen molar-refractivity contribution in [3.8, 4) is 5.88 Å². The second-order valence-electron chi connectivity index (χ2n) is 4.76. The number of nitrogen functional groups attached to an aromatic ring is 1. The van der Waals surface area contributed by atoms with E-state index in [1.54, 1.807) is 4.68 Å². The van der Waals surface area contributed by atoms with Crippen LogP contribution in [0.1, 0.15) is 31.0 Å². The molecule has 0 aliphatic carbocycles. The van der Waals surface area contributed by atoms with Crippen molar-refractivity contribution < 1.29 is 4.74 Å². The molecule has 102 valence electrons. The van der Waals surface area contributed by atoms with Crippen molar-refractivity contribution in [3.63, 3.8) is 0 Å². The van der Waals surface area contributed by atoms with E-state index >= 15 is 0 Å². The van der Waals surface area contributed by atoms with Crippen LogP contribution >= 0.6 is 11.6 Å². The lowest BCUT2D eigenvalue weighted by Crippen LogP contribution is -2.03. The van der Waals surface area contributed by atoms with Gasteiger partial charge in [0.05, 0.1) is 5.69 Å². The Balaban J connectivity index is 2.19. The molecule has 4 nitrogen and oxygen atoms in total. The van der Waals surface area contributed by atoms with Gasteiger partial charge in [-0.25, -0.2) is 4.68 Å². The lowest BCUT2D eigenvalue weighted by molar-refractivity contribution is 0.280. The summed E-state index contributed by atoms with van der Waals surface area (Å²) in [7, 11) is 1.82. The molecule has 2 N–H and O–H groups in total.